The molecule has 20 heavy (non-hydrogen) atoms. The Bertz CT molecular complexity index is 659. The summed E-state index contributed by atoms with van der Waals surface area (Å²) < 4.78 is 4.84. The molecular weight excluding hydrogens is 302 g/mol. The molecule has 104 valence electrons. The number of carbonyl (C=O) groups is 2. The fraction of sp³-hybridized carbons (Fsp3) is 0.0769. The minimum atomic E-state index is -0.997. The molecule has 0 saturated heterocycles. The number of halogens is 1. The van der Waals surface area contributed by atoms with E-state index in [1.165, 1.54) is 29.7 Å². The lowest BCUT2D eigenvalue weighted by atomic mass is 10.3. The van der Waals surface area contributed by atoms with E-state index < -0.39 is 5.97 Å². The van der Waals surface area contributed by atoms with Gasteiger partial charge in [0.15, 0.2) is 0 Å². The summed E-state index contributed by atoms with van der Waals surface area (Å²) in [6.45, 7) is 0.339. The first kappa shape index (κ1) is 14.4. The van der Waals surface area contributed by atoms with Gasteiger partial charge in [-0.2, -0.15) is 0 Å². The van der Waals surface area contributed by atoms with Crippen molar-refractivity contribution >= 4 is 40.9 Å². The minimum absolute atomic E-state index is 0.0544. The smallest absolute Gasteiger partial charge is 0.328 e. The van der Waals surface area contributed by atoms with Crippen LogP contribution in [0.5, 0.6) is 0 Å². The van der Waals surface area contributed by atoms with E-state index >= 15 is 0 Å². The first-order chi connectivity index (χ1) is 9.56. The SMILES string of the molecule is O=C(O)/C=C/c1ccc(CNC(=O)c2ccoc2Cl)s1. The maximum absolute atomic E-state index is 11.8. The first-order valence-electron chi connectivity index (χ1n) is 5.57. The number of thiophene rings is 1. The van der Waals surface area contributed by atoms with Gasteiger partial charge in [-0.15, -0.1) is 11.3 Å². The van der Waals surface area contributed by atoms with Crippen molar-refractivity contribution in [2.75, 3.05) is 0 Å². The van der Waals surface area contributed by atoms with E-state index in [1.807, 2.05) is 6.07 Å². The quantitative estimate of drug-likeness (QED) is 0.832. The summed E-state index contributed by atoms with van der Waals surface area (Å²) in [6.07, 6.45) is 3.92. The lowest BCUT2D eigenvalue weighted by Crippen LogP contribution is -2.21. The Morgan fingerprint density at radius 3 is 2.85 bits per heavy atom. The van der Waals surface area contributed by atoms with Crippen LogP contribution < -0.4 is 5.32 Å². The molecule has 0 aliphatic rings. The van der Waals surface area contributed by atoms with Crippen molar-refractivity contribution < 1.29 is 19.1 Å². The number of carboxylic acids is 1. The predicted octanol–water partition coefficient (Wildman–Crippen LogP) is 3.02. The Labute approximate surface area is 123 Å². The molecule has 2 rings (SSSR count). The van der Waals surface area contributed by atoms with Crippen LogP contribution in [0.1, 0.15) is 20.1 Å². The highest BCUT2D eigenvalue weighted by Crippen LogP contribution is 2.19. The van der Waals surface area contributed by atoms with E-state index in [2.05, 4.69) is 5.32 Å². The average molecular weight is 312 g/mol. The Hall–Kier alpha value is -2.05. The van der Waals surface area contributed by atoms with Gasteiger partial charge in [-0.1, -0.05) is 0 Å². The minimum Gasteiger partial charge on any atom is -0.478 e. The molecule has 0 radical (unpaired) electrons. The van der Waals surface area contributed by atoms with Gasteiger partial charge in [-0.3, -0.25) is 4.79 Å². The Kier molecular flexibility index (Phi) is 4.60. The number of furan rings is 1. The first-order valence-corrected chi connectivity index (χ1v) is 6.76. The van der Waals surface area contributed by atoms with Crippen molar-refractivity contribution in [3.8, 4) is 0 Å². The number of hydrogen-bond acceptors (Lipinski definition) is 4. The molecular formula is C13H10ClNO4S. The number of amides is 1. The van der Waals surface area contributed by atoms with Crippen molar-refractivity contribution in [1.82, 2.24) is 5.32 Å². The molecule has 0 aliphatic heterocycles. The number of hydrogen-bond donors (Lipinski definition) is 2. The molecule has 2 N–H and O–H groups in total. The molecule has 2 aromatic rings. The van der Waals surface area contributed by atoms with Crippen LogP contribution in [0.15, 0.2) is 35.0 Å². The van der Waals surface area contributed by atoms with E-state index in [-0.39, 0.29) is 16.7 Å². The molecule has 0 unspecified atom stereocenters. The fourth-order valence-electron chi connectivity index (χ4n) is 1.45. The third-order valence-electron chi connectivity index (χ3n) is 2.36. The summed E-state index contributed by atoms with van der Waals surface area (Å²) in [5, 5.41) is 11.3. The topological polar surface area (TPSA) is 79.5 Å². The zero-order valence-electron chi connectivity index (χ0n) is 10.1. The Balaban J connectivity index is 1.93. The van der Waals surface area contributed by atoms with Crippen LogP contribution in [-0.4, -0.2) is 17.0 Å². The van der Waals surface area contributed by atoms with Gasteiger partial charge in [0.2, 0.25) is 5.22 Å². The van der Waals surface area contributed by atoms with Crippen LogP contribution in [0.2, 0.25) is 5.22 Å². The summed E-state index contributed by atoms with van der Waals surface area (Å²) in [5.74, 6) is -1.32. The number of rotatable bonds is 5. The van der Waals surface area contributed by atoms with Gasteiger partial charge in [-0.25, -0.2) is 4.79 Å². The van der Waals surface area contributed by atoms with Crippen LogP contribution in [0.3, 0.4) is 0 Å². The van der Waals surface area contributed by atoms with Gasteiger partial charge in [0.1, 0.15) is 0 Å². The lowest BCUT2D eigenvalue weighted by Gasteiger charge is -2.01. The number of carboxylic acid groups (broad SMARTS) is 1. The van der Waals surface area contributed by atoms with E-state index in [1.54, 1.807) is 6.07 Å². The van der Waals surface area contributed by atoms with Crippen LogP contribution in [-0.2, 0) is 11.3 Å². The van der Waals surface area contributed by atoms with Crippen molar-refractivity contribution in [3.05, 3.63) is 51.1 Å². The number of nitrogens with one attached hydrogen (secondary N) is 1. The standard InChI is InChI=1S/C13H10ClNO4S/c14-12-10(5-6-19-12)13(18)15-7-9-2-1-8(20-9)3-4-11(16)17/h1-6H,7H2,(H,15,18)(H,16,17)/b4-3+. The van der Waals surface area contributed by atoms with Gasteiger partial charge in [0.05, 0.1) is 18.4 Å². The van der Waals surface area contributed by atoms with E-state index in [0.29, 0.717) is 6.54 Å². The fourth-order valence-corrected chi connectivity index (χ4v) is 2.51. The van der Waals surface area contributed by atoms with Crippen molar-refractivity contribution in [2.45, 2.75) is 6.54 Å². The van der Waals surface area contributed by atoms with Crippen LogP contribution in [0.25, 0.3) is 6.08 Å². The summed E-state index contributed by atoms with van der Waals surface area (Å²) in [6, 6.07) is 5.10. The van der Waals surface area contributed by atoms with Crippen LogP contribution in [0.4, 0.5) is 0 Å². The summed E-state index contributed by atoms with van der Waals surface area (Å²) in [7, 11) is 0. The maximum atomic E-state index is 11.8. The Morgan fingerprint density at radius 2 is 2.20 bits per heavy atom. The van der Waals surface area contributed by atoms with Gasteiger partial charge in [-0.05, 0) is 35.9 Å². The second-order valence-corrected chi connectivity index (χ2v) is 5.31. The van der Waals surface area contributed by atoms with Crippen molar-refractivity contribution in [3.63, 3.8) is 0 Å². The molecule has 7 heteroatoms. The third-order valence-corrected chi connectivity index (χ3v) is 3.70. The normalized spacial score (nSPS) is 10.8. The zero-order valence-corrected chi connectivity index (χ0v) is 11.7. The van der Waals surface area contributed by atoms with Crippen LogP contribution >= 0.6 is 22.9 Å². The Morgan fingerprint density at radius 1 is 1.40 bits per heavy atom. The number of carbonyl (C=O) groups excluding carboxylic acids is 1. The second-order valence-electron chi connectivity index (χ2n) is 3.77. The molecule has 0 spiro atoms. The molecule has 0 bridgehead atoms. The lowest BCUT2D eigenvalue weighted by molar-refractivity contribution is -0.131. The highest BCUT2D eigenvalue weighted by Gasteiger charge is 2.12. The molecule has 0 aliphatic carbocycles. The van der Waals surface area contributed by atoms with E-state index in [0.717, 1.165) is 15.8 Å². The van der Waals surface area contributed by atoms with Crippen LogP contribution in [0, 0.1) is 0 Å². The molecule has 0 fully saturated rings. The van der Waals surface area contributed by atoms with Gasteiger partial charge >= 0.3 is 5.97 Å². The number of aliphatic carboxylic acids is 1. The molecule has 2 heterocycles. The van der Waals surface area contributed by atoms with Gasteiger partial charge in [0, 0.05) is 15.8 Å². The summed E-state index contributed by atoms with van der Waals surface area (Å²) in [5.41, 5.74) is 0.286. The summed E-state index contributed by atoms with van der Waals surface area (Å²) in [4.78, 5) is 23.9. The largest absolute Gasteiger partial charge is 0.478 e. The van der Waals surface area contributed by atoms with E-state index in [9.17, 15) is 9.59 Å². The average Bonchev–Trinajstić information content (AvgIpc) is 3.02. The molecule has 0 saturated carbocycles. The molecule has 0 aromatic carbocycles. The zero-order chi connectivity index (χ0) is 14.5. The molecule has 0 atom stereocenters. The second kappa shape index (κ2) is 6.40. The van der Waals surface area contributed by atoms with Gasteiger partial charge < -0.3 is 14.8 Å². The highest BCUT2D eigenvalue weighted by atomic mass is 35.5. The van der Waals surface area contributed by atoms with Gasteiger partial charge in [0.25, 0.3) is 5.91 Å². The monoisotopic (exact) mass is 311 g/mol. The maximum Gasteiger partial charge on any atom is 0.328 e. The molecule has 5 nitrogen and oxygen atoms in total. The molecule has 2 aromatic heterocycles. The predicted molar refractivity (Wildman–Crippen MR) is 75.9 cm³/mol. The van der Waals surface area contributed by atoms with Crippen molar-refractivity contribution in [2.24, 2.45) is 0 Å². The highest BCUT2D eigenvalue weighted by molar-refractivity contribution is 7.12. The van der Waals surface area contributed by atoms with Crippen molar-refractivity contribution in [1.29, 1.82) is 0 Å². The third kappa shape index (κ3) is 3.72. The summed E-state index contributed by atoms with van der Waals surface area (Å²) >= 11 is 7.10. The van der Waals surface area contributed by atoms with E-state index in [4.69, 9.17) is 21.1 Å². The molecule has 1 amide bonds.